The second-order valence-corrected chi connectivity index (χ2v) is 7.74. The fourth-order valence-electron chi connectivity index (χ4n) is 2.39. The molecular formula is C19H15F3N2O5S. The second-order valence-electron chi connectivity index (χ2n) is 5.97. The van der Waals surface area contributed by atoms with Gasteiger partial charge in [0.1, 0.15) is 5.75 Å². The molecule has 7 nitrogen and oxygen atoms in total. The van der Waals surface area contributed by atoms with E-state index >= 15 is 0 Å². The van der Waals surface area contributed by atoms with Gasteiger partial charge in [-0.25, -0.2) is 13.1 Å². The number of ether oxygens (including phenoxy) is 1. The number of alkyl halides is 3. The quantitative estimate of drug-likeness (QED) is 0.581. The van der Waals surface area contributed by atoms with E-state index in [1.165, 1.54) is 12.3 Å². The van der Waals surface area contributed by atoms with Crippen molar-refractivity contribution in [3.8, 4) is 5.75 Å². The molecule has 30 heavy (non-hydrogen) atoms. The summed E-state index contributed by atoms with van der Waals surface area (Å²) < 4.78 is 72.2. The lowest BCUT2D eigenvalue weighted by molar-refractivity contribution is -0.274. The fourth-order valence-corrected chi connectivity index (χ4v) is 3.41. The maximum atomic E-state index is 12.3. The standard InChI is InChI=1S/C19H15F3N2O5S/c20-19(21,22)29-15-7-9-16(10-8-15)30(26,27)23-12-13-3-5-14(6-4-13)24-18(25)17-2-1-11-28-17/h1-11,23H,12H2,(H,24,25). The molecule has 0 unspecified atom stereocenters. The Morgan fingerprint density at radius 3 is 2.23 bits per heavy atom. The number of nitrogens with one attached hydrogen (secondary N) is 2. The van der Waals surface area contributed by atoms with E-state index in [4.69, 9.17) is 4.42 Å². The zero-order chi connectivity index (χ0) is 21.8. The third-order valence-corrected chi connectivity index (χ3v) is 5.21. The number of furan rings is 1. The molecule has 1 aromatic heterocycles. The lowest BCUT2D eigenvalue weighted by Gasteiger charge is -2.10. The summed E-state index contributed by atoms with van der Waals surface area (Å²) in [5.41, 5.74) is 1.09. The van der Waals surface area contributed by atoms with Gasteiger partial charge < -0.3 is 14.5 Å². The molecule has 0 saturated heterocycles. The molecule has 0 bridgehead atoms. The van der Waals surface area contributed by atoms with Gasteiger partial charge in [-0.2, -0.15) is 0 Å². The molecule has 158 valence electrons. The molecule has 1 heterocycles. The van der Waals surface area contributed by atoms with E-state index in [1.54, 1.807) is 30.3 Å². The summed E-state index contributed by atoms with van der Waals surface area (Å²) in [6.45, 7) is -0.0600. The highest BCUT2D eigenvalue weighted by molar-refractivity contribution is 7.89. The van der Waals surface area contributed by atoms with Crippen LogP contribution in [0.15, 0.2) is 76.2 Å². The molecule has 1 amide bonds. The number of hydrogen-bond acceptors (Lipinski definition) is 5. The van der Waals surface area contributed by atoms with Crippen LogP contribution in [-0.4, -0.2) is 20.7 Å². The van der Waals surface area contributed by atoms with Crippen molar-refractivity contribution in [2.75, 3.05) is 5.32 Å². The zero-order valence-electron chi connectivity index (χ0n) is 15.1. The van der Waals surface area contributed by atoms with Crippen LogP contribution in [0.4, 0.5) is 18.9 Å². The van der Waals surface area contributed by atoms with Gasteiger partial charge in [0, 0.05) is 12.2 Å². The minimum absolute atomic E-state index is 0.0600. The Hall–Kier alpha value is -3.31. The highest BCUT2D eigenvalue weighted by Crippen LogP contribution is 2.24. The van der Waals surface area contributed by atoms with Crippen LogP contribution in [0, 0.1) is 0 Å². The van der Waals surface area contributed by atoms with Gasteiger partial charge in [-0.05, 0) is 54.1 Å². The van der Waals surface area contributed by atoms with Crippen LogP contribution in [0.5, 0.6) is 5.75 Å². The molecule has 3 rings (SSSR count). The van der Waals surface area contributed by atoms with Crippen molar-refractivity contribution in [1.29, 1.82) is 0 Å². The highest BCUT2D eigenvalue weighted by atomic mass is 32.2. The van der Waals surface area contributed by atoms with Crippen LogP contribution in [0.3, 0.4) is 0 Å². The molecule has 2 aromatic carbocycles. The second kappa shape index (κ2) is 8.59. The maximum absolute atomic E-state index is 12.3. The molecule has 0 spiro atoms. The third-order valence-electron chi connectivity index (χ3n) is 3.79. The first-order chi connectivity index (χ1) is 14.1. The number of sulfonamides is 1. The van der Waals surface area contributed by atoms with E-state index in [2.05, 4.69) is 14.8 Å². The molecule has 0 aliphatic rings. The Bertz CT molecular complexity index is 1090. The van der Waals surface area contributed by atoms with E-state index in [9.17, 15) is 26.4 Å². The SMILES string of the molecule is O=C(Nc1ccc(CNS(=O)(=O)c2ccc(OC(F)(F)F)cc2)cc1)c1ccco1. The summed E-state index contributed by atoms with van der Waals surface area (Å²) in [7, 11) is -3.95. The summed E-state index contributed by atoms with van der Waals surface area (Å²) in [5.74, 6) is -0.793. The van der Waals surface area contributed by atoms with Crippen LogP contribution >= 0.6 is 0 Å². The van der Waals surface area contributed by atoms with E-state index in [1.807, 2.05) is 0 Å². The number of amides is 1. The van der Waals surface area contributed by atoms with E-state index in [0.717, 1.165) is 24.3 Å². The van der Waals surface area contributed by atoms with Gasteiger partial charge >= 0.3 is 6.36 Å². The zero-order valence-corrected chi connectivity index (χ0v) is 16.0. The molecule has 0 aliphatic heterocycles. The van der Waals surface area contributed by atoms with Crippen molar-refractivity contribution in [1.82, 2.24) is 4.72 Å². The Balaban J connectivity index is 1.58. The predicted molar refractivity (Wildman–Crippen MR) is 100 cm³/mol. The Morgan fingerprint density at radius 1 is 1.00 bits per heavy atom. The normalized spacial score (nSPS) is 11.8. The summed E-state index contributed by atoms with van der Waals surface area (Å²) in [6.07, 6.45) is -3.48. The van der Waals surface area contributed by atoms with Crippen LogP contribution in [-0.2, 0) is 16.6 Å². The first-order valence-electron chi connectivity index (χ1n) is 8.42. The van der Waals surface area contributed by atoms with Gasteiger partial charge in [0.25, 0.3) is 5.91 Å². The molecular weight excluding hydrogens is 425 g/mol. The Labute approximate surface area is 169 Å². The van der Waals surface area contributed by atoms with Crippen molar-refractivity contribution in [2.24, 2.45) is 0 Å². The van der Waals surface area contributed by atoms with E-state index in [-0.39, 0.29) is 17.2 Å². The van der Waals surface area contributed by atoms with Gasteiger partial charge in [-0.3, -0.25) is 4.79 Å². The van der Waals surface area contributed by atoms with Crippen molar-refractivity contribution in [3.05, 3.63) is 78.3 Å². The van der Waals surface area contributed by atoms with Crippen molar-refractivity contribution in [2.45, 2.75) is 17.8 Å². The predicted octanol–water partition coefficient (Wildman–Crippen LogP) is 3.91. The van der Waals surface area contributed by atoms with E-state index in [0.29, 0.717) is 11.3 Å². The van der Waals surface area contributed by atoms with Gasteiger partial charge in [-0.1, -0.05) is 12.1 Å². The summed E-state index contributed by atoms with van der Waals surface area (Å²) in [6, 6.07) is 13.4. The first kappa shape index (κ1) is 21.4. The molecule has 11 heteroatoms. The van der Waals surface area contributed by atoms with Crippen molar-refractivity contribution >= 4 is 21.6 Å². The molecule has 0 radical (unpaired) electrons. The minimum Gasteiger partial charge on any atom is -0.459 e. The smallest absolute Gasteiger partial charge is 0.459 e. The number of anilines is 1. The largest absolute Gasteiger partial charge is 0.573 e. The average molecular weight is 440 g/mol. The molecule has 0 aliphatic carbocycles. The monoisotopic (exact) mass is 440 g/mol. The highest BCUT2D eigenvalue weighted by Gasteiger charge is 2.31. The summed E-state index contributed by atoms with van der Waals surface area (Å²) >= 11 is 0. The summed E-state index contributed by atoms with van der Waals surface area (Å²) in [5, 5.41) is 2.63. The number of carbonyl (C=O) groups is 1. The lowest BCUT2D eigenvalue weighted by Crippen LogP contribution is -2.23. The molecule has 3 aromatic rings. The number of rotatable bonds is 7. The van der Waals surface area contributed by atoms with Gasteiger partial charge in [0.15, 0.2) is 5.76 Å². The number of halogens is 3. The lowest BCUT2D eigenvalue weighted by atomic mass is 10.2. The molecule has 0 atom stereocenters. The van der Waals surface area contributed by atoms with Gasteiger partial charge in [-0.15, -0.1) is 13.2 Å². The number of hydrogen-bond donors (Lipinski definition) is 2. The number of benzene rings is 2. The fraction of sp³-hybridized carbons (Fsp3) is 0.105. The van der Waals surface area contributed by atoms with E-state index < -0.39 is 28.0 Å². The van der Waals surface area contributed by atoms with Crippen LogP contribution < -0.4 is 14.8 Å². The molecule has 2 N–H and O–H groups in total. The molecule has 0 saturated carbocycles. The first-order valence-corrected chi connectivity index (χ1v) is 9.90. The average Bonchev–Trinajstić information content (AvgIpc) is 3.22. The van der Waals surface area contributed by atoms with Crippen LogP contribution in [0.25, 0.3) is 0 Å². The van der Waals surface area contributed by atoms with Gasteiger partial charge in [0.2, 0.25) is 10.0 Å². The maximum Gasteiger partial charge on any atom is 0.573 e. The van der Waals surface area contributed by atoms with Crippen molar-refractivity contribution < 1.29 is 35.5 Å². The minimum atomic E-state index is -4.86. The van der Waals surface area contributed by atoms with Crippen LogP contribution in [0.1, 0.15) is 16.1 Å². The topological polar surface area (TPSA) is 97.6 Å². The third kappa shape index (κ3) is 5.84. The van der Waals surface area contributed by atoms with Crippen molar-refractivity contribution in [3.63, 3.8) is 0 Å². The summed E-state index contributed by atoms with van der Waals surface area (Å²) in [4.78, 5) is 11.7. The molecule has 0 fully saturated rings. The number of carbonyl (C=O) groups excluding carboxylic acids is 1. The Morgan fingerprint density at radius 2 is 1.67 bits per heavy atom. The van der Waals surface area contributed by atoms with Crippen LogP contribution in [0.2, 0.25) is 0 Å². The Kier molecular flexibility index (Phi) is 6.13. The van der Waals surface area contributed by atoms with Gasteiger partial charge in [0.05, 0.1) is 11.2 Å².